The van der Waals surface area contributed by atoms with Gasteiger partial charge in [-0.25, -0.2) is 8.42 Å². The molecule has 1 fully saturated rings. The maximum Gasteiger partial charge on any atom is 0.243 e. The Hall–Kier alpha value is -0.950. The number of nitrogens with zero attached hydrogens (tertiary/aromatic N) is 1. The van der Waals surface area contributed by atoms with E-state index in [4.69, 9.17) is 4.74 Å². The molecule has 2 rings (SSSR count). The van der Waals surface area contributed by atoms with Crippen molar-refractivity contribution in [1.29, 1.82) is 0 Å². The van der Waals surface area contributed by atoms with Crippen LogP contribution in [0.2, 0.25) is 0 Å². The van der Waals surface area contributed by atoms with Crippen molar-refractivity contribution in [3.8, 4) is 0 Å². The minimum atomic E-state index is -3.59. The Morgan fingerprint density at radius 1 is 1.36 bits per heavy atom. The van der Waals surface area contributed by atoms with Crippen LogP contribution in [0, 0.1) is 12.8 Å². The van der Waals surface area contributed by atoms with Crippen molar-refractivity contribution in [2.45, 2.75) is 50.8 Å². The van der Waals surface area contributed by atoms with Crippen LogP contribution < -0.4 is 0 Å². The highest BCUT2D eigenvalue weighted by Gasteiger charge is 2.36. The molecule has 1 heterocycles. The highest BCUT2D eigenvalue weighted by Crippen LogP contribution is 2.27. The second-order valence-corrected chi connectivity index (χ2v) is 7.85. The van der Waals surface area contributed by atoms with E-state index in [0.29, 0.717) is 4.90 Å². The van der Waals surface area contributed by atoms with Crippen LogP contribution >= 0.6 is 0 Å². The number of hydrogen-bond donors (Lipinski definition) is 1. The van der Waals surface area contributed by atoms with Crippen molar-refractivity contribution in [2.75, 3.05) is 13.2 Å². The summed E-state index contributed by atoms with van der Waals surface area (Å²) in [5.74, 6) is 0.158. The Balaban J connectivity index is 2.37. The van der Waals surface area contributed by atoms with Gasteiger partial charge in [0, 0.05) is 13.0 Å². The summed E-state index contributed by atoms with van der Waals surface area (Å²) in [6.45, 7) is 6.47. The van der Waals surface area contributed by atoms with Gasteiger partial charge in [-0.2, -0.15) is 4.31 Å². The highest BCUT2D eigenvalue weighted by molar-refractivity contribution is 7.89. The summed E-state index contributed by atoms with van der Waals surface area (Å²) in [7, 11) is -3.59. The van der Waals surface area contributed by atoms with Crippen LogP contribution in [0.3, 0.4) is 0 Å². The lowest BCUT2D eigenvalue weighted by molar-refractivity contribution is -0.0998. The first-order chi connectivity index (χ1) is 10.4. The molecule has 0 bridgehead atoms. The predicted molar refractivity (Wildman–Crippen MR) is 84.9 cm³/mol. The smallest absolute Gasteiger partial charge is 0.243 e. The maximum absolute atomic E-state index is 13.0. The Morgan fingerprint density at radius 3 is 2.59 bits per heavy atom. The van der Waals surface area contributed by atoms with Crippen molar-refractivity contribution >= 4 is 10.0 Å². The fourth-order valence-corrected chi connectivity index (χ4v) is 4.37. The average molecular weight is 327 g/mol. The first-order valence-corrected chi connectivity index (χ1v) is 9.18. The third-order valence-corrected chi connectivity index (χ3v) is 6.29. The van der Waals surface area contributed by atoms with E-state index in [-0.39, 0.29) is 31.5 Å². The van der Waals surface area contributed by atoms with Crippen LogP contribution in [-0.2, 0) is 14.8 Å². The average Bonchev–Trinajstić information content (AvgIpc) is 2.69. The van der Waals surface area contributed by atoms with Gasteiger partial charge in [-0.3, -0.25) is 0 Å². The monoisotopic (exact) mass is 327 g/mol. The molecule has 0 spiro atoms. The molecule has 1 aromatic carbocycles. The molecule has 1 saturated heterocycles. The quantitative estimate of drug-likeness (QED) is 0.920. The SMILES string of the molecule is CC[C@H](C)[C@H]1COC(O)CCN1S(=O)(=O)c1ccc(C)cc1. The Bertz CT molecular complexity index is 585. The second kappa shape index (κ2) is 7.08. The van der Waals surface area contributed by atoms with Crippen LogP contribution in [0.4, 0.5) is 0 Å². The summed E-state index contributed by atoms with van der Waals surface area (Å²) in [6, 6.07) is 6.62. The van der Waals surface area contributed by atoms with Gasteiger partial charge in [-0.05, 0) is 25.0 Å². The van der Waals surface area contributed by atoms with Gasteiger partial charge in [0.15, 0.2) is 6.29 Å². The number of sulfonamides is 1. The molecule has 1 unspecified atom stereocenters. The molecule has 0 aromatic heterocycles. The second-order valence-electron chi connectivity index (χ2n) is 5.96. The molecule has 22 heavy (non-hydrogen) atoms. The van der Waals surface area contributed by atoms with Gasteiger partial charge in [0.2, 0.25) is 10.0 Å². The number of rotatable bonds is 4. The Morgan fingerprint density at radius 2 is 2.00 bits per heavy atom. The lowest BCUT2D eigenvalue weighted by atomic mass is 10.00. The van der Waals surface area contributed by atoms with Gasteiger partial charge in [0.1, 0.15) is 0 Å². The molecule has 0 amide bonds. The number of aliphatic hydroxyl groups is 1. The molecule has 3 atom stereocenters. The molecule has 6 heteroatoms. The molecule has 124 valence electrons. The van der Waals surface area contributed by atoms with Crippen molar-refractivity contribution in [3.05, 3.63) is 29.8 Å². The molecular weight excluding hydrogens is 302 g/mol. The molecule has 1 N–H and O–H groups in total. The molecule has 5 nitrogen and oxygen atoms in total. The largest absolute Gasteiger partial charge is 0.368 e. The minimum Gasteiger partial charge on any atom is -0.368 e. The van der Waals surface area contributed by atoms with E-state index in [0.717, 1.165) is 12.0 Å². The van der Waals surface area contributed by atoms with Crippen LogP contribution in [0.15, 0.2) is 29.2 Å². The fraction of sp³-hybridized carbons (Fsp3) is 0.625. The molecule has 1 aliphatic rings. The number of hydrogen-bond acceptors (Lipinski definition) is 4. The maximum atomic E-state index is 13.0. The Labute approximate surface area is 133 Å². The first kappa shape index (κ1) is 17.4. The van der Waals surface area contributed by atoms with Gasteiger partial charge >= 0.3 is 0 Å². The lowest BCUT2D eigenvalue weighted by Crippen LogP contribution is -2.45. The molecule has 0 saturated carbocycles. The van der Waals surface area contributed by atoms with Gasteiger partial charge < -0.3 is 9.84 Å². The van der Waals surface area contributed by atoms with Crippen LogP contribution in [0.1, 0.15) is 32.3 Å². The zero-order valence-electron chi connectivity index (χ0n) is 13.4. The van der Waals surface area contributed by atoms with E-state index in [1.807, 2.05) is 20.8 Å². The van der Waals surface area contributed by atoms with Crippen molar-refractivity contribution in [3.63, 3.8) is 0 Å². The molecule has 0 aliphatic carbocycles. The lowest BCUT2D eigenvalue weighted by Gasteiger charge is -2.32. The third-order valence-electron chi connectivity index (χ3n) is 4.35. The molecular formula is C16H25NO4S. The molecule has 1 aliphatic heterocycles. The fourth-order valence-electron chi connectivity index (χ4n) is 2.64. The van der Waals surface area contributed by atoms with Gasteiger partial charge in [-0.15, -0.1) is 0 Å². The summed E-state index contributed by atoms with van der Waals surface area (Å²) in [6.07, 6.45) is 0.243. The van der Waals surface area contributed by atoms with Gasteiger partial charge in [0.05, 0.1) is 17.5 Å². The normalized spacial score (nSPS) is 25.6. The topological polar surface area (TPSA) is 66.8 Å². The van der Waals surface area contributed by atoms with Gasteiger partial charge in [0.25, 0.3) is 0 Å². The standard InChI is InChI=1S/C16H25NO4S/c1-4-13(3)15-11-21-16(18)9-10-17(15)22(19,20)14-7-5-12(2)6-8-14/h5-8,13,15-16,18H,4,9-11H2,1-3H3/t13-,15+,16?/m0/s1. The summed E-state index contributed by atoms with van der Waals surface area (Å²) in [5, 5.41) is 9.71. The molecule has 0 radical (unpaired) electrons. The van der Waals surface area contributed by atoms with E-state index >= 15 is 0 Å². The van der Waals surface area contributed by atoms with E-state index in [1.165, 1.54) is 4.31 Å². The number of benzene rings is 1. The number of aryl methyl sites for hydroxylation is 1. The third kappa shape index (κ3) is 3.68. The van der Waals surface area contributed by atoms with E-state index < -0.39 is 16.3 Å². The summed E-state index contributed by atoms with van der Waals surface area (Å²) < 4.78 is 32.8. The van der Waals surface area contributed by atoms with Crippen molar-refractivity contribution in [1.82, 2.24) is 4.31 Å². The highest BCUT2D eigenvalue weighted by atomic mass is 32.2. The number of ether oxygens (including phenoxy) is 1. The summed E-state index contributed by atoms with van der Waals surface area (Å²) in [4.78, 5) is 0.294. The zero-order chi connectivity index (χ0) is 16.3. The van der Waals surface area contributed by atoms with E-state index in [2.05, 4.69) is 0 Å². The van der Waals surface area contributed by atoms with E-state index in [1.54, 1.807) is 24.3 Å². The zero-order valence-corrected chi connectivity index (χ0v) is 14.2. The first-order valence-electron chi connectivity index (χ1n) is 7.74. The summed E-state index contributed by atoms with van der Waals surface area (Å²) >= 11 is 0. The van der Waals surface area contributed by atoms with Gasteiger partial charge in [-0.1, -0.05) is 38.0 Å². The summed E-state index contributed by atoms with van der Waals surface area (Å²) in [5.41, 5.74) is 1.02. The predicted octanol–water partition coefficient (Wildman–Crippen LogP) is 2.14. The van der Waals surface area contributed by atoms with Crippen LogP contribution in [0.25, 0.3) is 0 Å². The van der Waals surface area contributed by atoms with Crippen LogP contribution in [-0.4, -0.2) is 43.3 Å². The van der Waals surface area contributed by atoms with Crippen LogP contribution in [0.5, 0.6) is 0 Å². The number of aliphatic hydroxyl groups excluding tert-OH is 1. The van der Waals surface area contributed by atoms with E-state index in [9.17, 15) is 13.5 Å². The Kier molecular flexibility index (Phi) is 5.60. The minimum absolute atomic E-state index is 0.158. The molecule has 1 aromatic rings. The van der Waals surface area contributed by atoms with Crippen molar-refractivity contribution < 1.29 is 18.3 Å². The van der Waals surface area contributed by atoms with Crippen molar-refractivity contribution in [2.24, 2.45) is 5.92 Å².